The third-order valence-electron chi connectivity index (χ3n) is 4.72. The maximum Gasteiger partial charge on any atom is 0.416 e. The molecule has 136 valence electrons. The summed E-state index contributed by atoms with van der Waals surface area (Å²) in [6.45, 7) is 2.62. The summed E-state index contributed by atoms with van der Waals surface area (Å²) in [6, 6.07) is 5.07. The fraction of sp³-hybridized carbons (Fsp3) is 0.529. The summed E-state index contributed by atoms with van der Waals surface area (Å²) in [6.07, 6.45) is -4.08. The molecular formula is C17H21F3N4O. The number of rotatable bonds is 4. The number of hydrogen-bond donors (Lipinski definition) is 1. The van der Waals surface area contributed by atoms with Crippen molar-refractivity contribution in [1.29, 1.82) is 0 Å². The van der Waals surface area contributed by atoms with Crippen LogP contribution in [0.1, 0.15) is 42.2 Å². The van der Waals surface area contributed by atoms with Gasteiger partial charge in [-0.3, -0.25) is 4.90 Å². The minimum Gasteiger partial charge on any atom is -0.392 e. The zero-order valence-corrected chi connectivity index (χ0v) is 14.2. The van der Waals surface area contributed by atoms with Crippen LogP contribution in [0, 0.1) is 0 Å². The Bertz CT molecular complexity index is 744. The first kappa shape index (κ1) is 17.9. The molecule has 1 aromatic carbocycles. The molecule has 2 atom stereocenters. The molecule has 0 bridgehead atoms. The highest BCUT2D eigenvalue weighted by Gasteiger charge is 2.40. The van der Waals surface area contributed by atoms with Crippen molar-refractivity contribution in [2.24, 2.45) is 7.05 Å². The molecule has 25 heavy (non-hydrogen) atoms. The normalized spacial score (nSPS) is 21.8. The number of aryl methyl sites for hydroxylation is 1. The van der Waals surface area contributed by atoms with E-state index in [1.54, 1.807) is 6.07 Å². The van der Waals surface area contributed by atoms with E-state index in [-0.39, 0.29) is 12.0 Å². The van der Waals surface area contributed by atoms with Crippen molar-refractivity contribution in [1.82, 2.24) is 19.7 Å². The van der Waals surface area contributed by atoms with E-state index in [0.717, 1.165) is 18.3 Å². The van der Waals surface area contributed by atoms with Crippen molar-refractivity contribution in [3.05, 3.63) is 47.0 Å². The van der Waals surface area contributed by atoms with Crippen LogP contribution in [0.5, 0.6) is 0 Å². The van der Waals surface area contributed by atoms with E-state index in [1.807, 2.05) is 23.4 Å². The Kier molecular flexibility index (Phi) is 4.83. The predicted octanol–water partition coefficient (Wildman–Crippen LogP) is 2.70. The van der Waals surface area contributed by atoms with E-state index in [1.165, 1.54) is 12.1 Å². The quantitative estimate of drug-likeness (QED) is 0.917. The Morgan fingerprint density at radius 3 is 2.52 bits per heavy atom. The molecule has 1 N–H and O–H groups in total. The first-order valence-corrected chi connectivity index (χ1v) is 8.26. The molecular weight excluding hydrogens is 333 g/mol. The molecule has 2 heterocycles. The van der Waals surface area contributed by atoms with E-state index in [2.05, 4.69) is 10.2 Å². The Balaban J connectivity index is 1.92. The second kappa shape index (κ2) is 6.76. The highest BCUT2D eigenvalue weighted by Crippen LogP contribution is 2.40. The lowest BCUT2D eigenvalue weighted by Gasteiger charge is -2.26. The van der Waals surface area contributed by atoms with Crippen LogP contribution in [0.25, 0.3) is 0 Å². The largest absolute Gasteiger partial charge is 0.416 e. The number of aliphatic hydroxyl groups is 1. The van der Waals surface area contributed by atoms with Gasteiger partial charge < -0.3 is 9.67 Å². The molecule has 1 aliphatic rings. The van der Waals surface area contributed by atoms with Crippen LogP contribution in [0.2, 0.25) is 0 Å². The van der Waals surface area contributed by atoms with Gasteiger partial charge in [0.1, 0.15) is 11.6 Å². The Labute approximate surface area is 144 Å². The van der Waals surface area contributed by atoms with Gasteiger partial charge in [-0.15, -0.1) is 10.2 Å². The van der Waals surface area contributed by atoms with Crippen molar-refractivity contribution in [2.75, 3.05) is 6.54 Å². The van der Waals surface area contributed by atoms with Crippen LogP contribution in [0.3, 0.4) is 0 Å². The molecule has 0 amide bonds. The molecule has 0 aliphatic carbocycles. The first-order valence-electron chi connectivity index (χ1n) is 8.26. The smallest absolute Gasteiger partial charge is 0.392 e. The minimum absolute atomic E-state index is 0.199. The van der Waals surface area contributed by atoms with Crippen LogP contribution < -0.4 is 0 Å². The number of halogens is 3. The zero-order valence-electron chi connectivity index (χ0n) is 14.2. The van der Waals surface area contributed by atoms with Crippen LogP contribution in [0.4, 0.5) is 13.2 Å². The summed E-state index contributed by atoms with van der Waals surface area (Å²) in [4.78, 5) is 1.85. The summed E-state index contributed by atoms with van der Waals surface area (Å²) >= 11 is 0. The van der Waals surface area contributed by atoms with Gasteiger partial charge in [-0.25, -0.2) is 0 Å². The van der Waals surface area contributed by atoms with E-state index in [4.69, 9.17) is 0 Å². The molecule has 1 aromatic heterocycles. The number of hydrogen-bond acceptors (Lipinski definition) is 4. The average Bonchev–Trinajstić information content (AvgIpc) is 3.10. The molecule has 0 spiro atoms. The second-order valence-corrected chi connectivity index (χ2v) is 6.36. The van der Waals surface area contributed by atoms with Crippen LogP contribution in [-0.2, 0) is 26.2 Å². The number of alkyl halides is 3. The number of benzene rings is 1. The van der Waals surface area contributed by atoms with Gasteiger partial charge in [0.15, 0.2) is 0 Å². The van der Waals surface area contributed by atoms with Gasteiger partial charge >= 0.3 is 6.18 Å². The van der Waals surface area contributed by atoms with E-state index in [0.29, 0.717) is 18.9 Å². The highest BCUT2D eigenvalue weighted by atomic mass is 19.4. The van der Waals surface area contributed by atoms with E-state index in [9.17, 15) is 18.3 Å². The van der Waals surface area contributed by atoms with Gasteiger partial charge in [0.2, 0.25) is 0 Å². The molecule has 8 heteroatoms. The Morgan fingerprint density at radius 1 is 1.20 bits per heavy atom. The maximum absolute atomic E-state index is 13.4. The lowest BCUT2D eigenvalue weighted by molar-refractivity contribution is -0.138. The summed E-state index contributed by atoms with van der Waals surface area (Å²) in [5, 5.41) is 18.3. The van der Waals surface area contributed by atoms with Gasteiger partial charge in [0.05, 0.1) is 18.2 Å². The van der Waals surface area contributed by atoms with Crippen molar-refractivity contribution in [3.63, 3.8) is 0 Å². The number of aliphatic hydroxyl groups excluding tert-OH is 1. The van der Waals surface area contributed by atoms with Gasteiger partial charge in [-0.1, -0.05) is 25.1 Å². The van der Waals surface area contributed by atoms with Gasteiger partial charge in [-0.2, -0.15) is 13.2 Å². The zero-order chi connectivity index (χ0) is 18.2. The molecule has 1 fully saturated rings. The molecule has 0 radical (unpaired) electrons. The lowest BCUT2D eigenvalue weighted by Crippen LogP contribution is -2.27. The van der Waals surface area contributed by atoms with Crippen LogP contribution in [-0.4, -0.2) is 37.4 Å². The van der Waals surface area contributed by atoms with Gasteiger partial charge in [0.25, 0.3) is 0 Å². The van der Waals surface area contributed by atoms with Gasteiger partial charge in [-0.05, 0) is 18.1 Å². The summed E-state index contributed by atoms with van der Waals surface area (Å²) in [7, 11) is 1.85. The van der Waals surface area contributed by atoms with Crippen molar-refractivity contribution in [3.8, 4) is 0 Å². The molecule has 2 aromatic rings. The number of likely N-dealkylation sites (tertiary alicyclic amines) is 1. The molecule has 1 saturated heterocycles. The van der Waals surface area contributed by atoms with Gasteiger partial charge in [0, 0.05) is 26.1 Å². The van der Waals surface area contributed by atoms with E-state index >= 15 is 0 Å². The third kappa shape index (κ3) is 3.55. The molecule has 3 rings (SSSR count). The summed E-state index contributed by atoms with van der Waals surface area (Å²) < 4.78 is 41.9. The maximum atomic E-state index is 13.4. The average molecular weight is 354 g/mol. The second-order valence-electron chi connectivity index (χ2n) is 6.36. The SMILES string of the molecule is CCc1nnc(CN2CC(O)CC2c2ccccc2C(F)(F)F)n1C. The Hall–Kier alpha value is -1.93. The summed E-state index contributed by atoms with van der Waals surface area (Å²) in [5.74, 6) is 1.50. The van der Waals surface area contributed by atoms with Crippen LogP contribution >= 0.6 is 0 Å². The molecule has 5 nitrogen and oxygen atoms in total. The van der Waals surface area contributed by atoms with Crippen molar-refractivity contribution >= 4 is 0 Å². The topological polar surface area (TPSA) is 54.2 Å². The third-order valence-corrected chi connectivity index (χ3v) is 4.72. The monoisotopic (exact) mass is 354 g/mol. The van der Waals surface area contributed by atoms with E-state index < -0.39 is 23.9 Å². The molecule has 1 aliphatic heterocycles. The Morgan fingerprint density at radius 2 is 1.88 bits per heavy atom. The fourth-order valence-corrected chi connectivity index (χ4v) is 3.45. The standard InChI is InChI=1S/C17H21F3N4O/c1-3-15-21-22-16(23(15)2)10-24-9-11(25)8-14(24)12-6-4-5-7-13(12)17(18,19)20/h4-7,11,14,25H,3,8-10H2,1-2H3. The first-order chi connectivity index (χ1) is 11.8. The molecule has 0 saturated carbocycles. The number of β-amino-alcohol motifs (C(OH)–C–C–N with tert-alkyl or cyclic N) is 1. The number of nitrogens with zero attached hydrogens (tertiary/aromatic N) is 4. The fourth-order valence-electron chi connectivity index (χ4n) is 3.45. The van der Waals surface area contributed by atoms with Crippen molar-refractivity contribution < 1.29 is 18.3 Å². The summed E-state index contributed by atoms with van der Waals surface area (Å²) in [5.41, 5.74) is -0.448. The van der Waals surface area contributed by atoms with Crippen LogP contribution in [0.15, 0.2) is 24.3 Å². The highest BCUT2D eigenvalue weighted by molar-refractivity contribution is 5.33. The predicted molar refractivity (Wildman–Crippen MR) is 85.6 cm³/mol. The minimum atomic E-state index is -4.42. The lowest BCUT2D eigenvalue weighted by atomic mass is 9.97. The number of aromatic nitrogens is 3. The molecule has 2 unspecified atom stereocenters. The van der Waals surface area contributed by atoms with Crippen molar-refractivity contribution in [2.45, 2.75) is 44.6 Å².